The van der Waals surface area contributed by atoms with E-state index in [1.54, 1.807) is 0 Å². The van der Waals surface area contributed by atoms with Gasteiger partial charge in [0, 0.05) is 20.6 Å². The number of methoxy groups -OCH3 is 1. The summed E-state index contributed by atoms with van der Waals surface area (Å²) < 4.78 is 29.0. The highest BCUT2D eigenvalue weighted by Gasteiger charge is 2.12. The standard InChI is InChI=1S/C9H16N4O3S/c1-13(2)17(14,15)5-4-10-9-11-6-8(16-3)7-12-9/h6-7H,4-5H2,1-3H3,(H,10,11,12). The van der Waals surface area contributed by atoms with Crippen LogP contribution in [0.25, 0.3) is 0 Å². The Labute approximate surface area is 101 Å². The summed E-state index contributed by atoms with van der Waals surface area (Å²) in [6.45, 7) is 0.257. The quantitative estimate of drug-likeness (QED) is 0.761. The van der Waals surface area contributed by atoms with Crippen LogP contribution in [0.3, 0.4) is 0 Å². The topological polar surface area (TPSA) is 84.4 Å². The number of anilines is 1. The minimum absolute atomic E-state index is 0.00457. The van der Waals surface area contributed by atoms with E-state index in [1.165, 1.54) is 37.9 Å². The fraction of sp³-hybridized carbons (Fsp3) is 0.556. The van der Waals surface area contributed by atoms with Crippen molar-refractivity contribution in [3.8, 4) is 5.75 Å². The Morgan fingerprint density at radius 3 is 2.41 bits per heavy atom. The van der Waals surface area contributed by atoms with E-state index in [4.69, 9.17) is 4.74 Å². The number of hydrogen-bond donors (Lipinski definition) is 1. The molecule has 0 bridgehead atoms. The first kappa shape index (κ1) is 13.7. The zero-order valence-electron chi connectivity index (χ0n) is 10.0. The molecule has 0 aromatic carbocycles. The van der Waals surface area contributed by atoms with Gasteiger partial charge in [-0.15, -0.1) is 0 Å². The zero-order chi connectivity index (χ0) is 12.9. The van der Waals surface area contributed by atoms with Gasteiger partial charge in [-0.25, -0.2) is 22.7 Å². The largest absolute Gasteiger partial charge is 0.494 e. The number of nitrogens with zero attached hydrogens (tertiary/aromatic N) is 3. The van der Waals surface area contributed by atoms with E-state index in [-0.39, 0.29) is 12.3 Å². The van der Waals surface area contributed by atoms with Crippen molar-refractivity contribution in [1.29, 1.82) is 0 Å². The first-order valence-electron chi connectivity index (χ1n) is 4.96. The van der Waals surface area contributed by atoms with Crippen molar-refractivity contribution in [2.45, 2.75) is 0 Å². The van der Waals surface area contributed by atoms with Crippen LogP contribution in [0.2, 0.25) is 0 Å². The minimum atomic E-state index is -3.19. The van der Waals surface area contributed by atoms with Gasteiger partial charge in [0.15, 0.2) is 5.75 Å². The zero-order valence-corrected chi connectivity index (χ0v) is 10.9. The molecule has 0 radical (unpaired) electrons. The molecule has 96 valence electrons. The number of ether oxygens (including phenoxy) is 1. The third-order valence-corrected chi connectivity index (χ3v) is 3.90. The van der Waals surface area contributed by atoms with Crippen molar-refractivity contribution in [1.82, 2.24) is 14.3 Å². The lowest BCUT2D eigenvalue weighted by molar-refractivity contribution is 0.411. The van der Waals surface area contributed by atoms with E-state index < -0.39 is 10.0 Å². The Morgan fingerprint density at radius 2 is 1.94 bits per heavy atom. The van der Waals surface area contributed by atoms with E-state index in [0.29, 0.717) is 11.7 Å². The molecule has 1 rings (SSSR count). The normalized spacial score (nSPS) is 11.5. The van der Waals surface area contributed by atoms with Gasteiger partial charge in [0.2, 0.25) is 16.0 Å². The Bertz CT molecular complexity index is 444. The molecule has 0 aliphatic heterocycles. The lowest BCUT2D eigenvalue weighted by Gasteiger charge is -2.11. The number of sulfonamides is 1. The van der Waals surface area contributed by atoms with Gasteiger partial charge in [-0.3, -0.25) is 0 Å². The molecule has 1 N–H and O–H groups in total. The molecule has 0 saturated heterocycles. The van der Waals surface area contributed by atoms with E-state index >= 15 is 0 Å². The van der Waals surface area contributed by atoms with Gasteiger partial charge in [-0.1, -0.05) is 0 Å². The Morgan fingerprint density at radius 1 is 1.35 bits per heavy atom. The molecular formula is C9H16N4O3S. The predicted molar refractivity (Wildman–Crippen MR) is 64.5 cm³/mol. The van der Waals surface area contributed by atoms with Gasteiger partial charge in [-0.2, -0.15) is 0 Å². The molecule has 0 fully saturated rings. The Hall–Kier alpha value is -1.41. The van der Waals surface area contributed by atoms with Gasteiger partial charge < -0.3 is 10.1 Å². The molecule has 1 heterocycles. The Balaban J connectivity index is 2.46. The molecule has 0 saturated carbocycles. The lowest BCUT2D eigenvalue weighted by atomic mass is 10.6. The summed E-state index contributed by atoms with van der Waals surface area (Å²) >= 11 is 0. The van der Waals surface area contributed by atoms with Crippen molar-refractivity contribution in [2.75, 3.05) is 38.8 Å². The molecule has 0 aliphatic carbocycles. The molecule has 7 nitrogen and oxygen atoms in total. The third-order valence-electron chi connectivity index (χ3n) is 2.06. The fourth-order valence-corrected chi connectivity index (χ4v) is 1.71. The van der Waals surface area contributed by atoms with Crippen molar-refractivity contribution in [3.05, 3.63) is 12.4 Å². The van der Waals surface area contributed by atoms with Gasteiger partial charge in [0.1, 0.15) is 0 Å². The predicted octanol–water partition coefficient (Wildman–Crippen LogP) is -0.211. The molecule has 1 aromatic rings. The highest BCUT2D eigenvalue weighted by Crippen LogP contribution is 2.06. The highest BCUT2D eigenvalue weighted by molar-refractivity contribution is 7.89. The van der Waals surface area contributed by atoms with Crippen LogP contribution in [0.5, 0.6) is 5.75 Å². The highest BCUT2D eigenvalue weighted by atomic mass is 32.2. The molecule has 0 atom stereocenters. The molecule has 0 unspecified atom stereocenters. The maximum atomic E-state index is 11.4. The smallest absolute Gasteiger partial charge is 0.222 e. The van der Waals surface area contributed by atoms with Crippen molar-refractivity contribution in [3.63, 3.8) is 0 Å². The minimum Gasteiger partial charge on any atom is -0.494 e. The maximum Gasteiger partial charge on any atom is 0.222 e. The van der Waals surface area contributed by atoms with E-state index in [1.807, 2.05) is 0 Å². The number of rotatable bonds is 6. The second-order valence-electron chi connectivity index (χ2n) is 3.47. The number of hydrogen-bond acceptors (Lipinski definition) is 6. The van der Waals surface area contributed by atoms with E-state index in [9.17, 15) is 8.42 Å². The summed E-state index contributed by atoms with van der Waals surface area (Å²) in [5, 5.41) is 2.82. The van der Waals surface area contributed by atoms with E-state index in [2.05, 4.69) is 15.3 Å². The van der Waals surface area contributed by atoms with Gasteiger partial charge in [-0.05, 0) is 0 Å². The van der Waals surface area contributed by atoms with Crippen LogP contribution >= 0.6 is 0 Å². The second-order valence-corrected chi connectivity index (χ2v) is 5.77. The first-order valence-corrected chi connectivity index (χ1v) is 6.57. The van der Waals surface area contributed by atoms with Crippen LogP contribution in [0.1, 0.15) is 0 Å². The van der Waals surface area contributed by atoms with Crippen LogP contribution in [-0.4, -0.2) is 56.2 Å². The van der Waals surface area contributed by atoms with Crippen molar-refractivity contribution >= 4 is 16.0 Å². The van der Waals surface area contributed by atoms with Crippen LogP contribution in [0, 0.1) is 0 Å². The maximum absolute atomic E-state index is 11.4. The molecule has 0 amide bonds. The molecule has 0 spiro atoms. The van der Waals surface area contributed by atoms with Crippen LogP contribution < -0.4 is 10.1 Å². The number of aromatic nitrogens is 2. The van der Waals surface area contributed by atoms with Crippen molar-refractivity contribution < 1.29 is 13.2 Å². The van der Waals surface area contributed by atoms with Crippen LogP contribution in [0.15, 0.2) is 12.4 Å². The lowest BCUT2D eigenvalue weighted by Crippen LogP contribution is -2.28. The molecule has 1 aromatic heterocycles. The SMILES string of the molecule is COc1cnc(NCCS(=O)(=O)N(C)C)nc1. The monoisotopic (exact) mass is 260 g/mol. The summed E-state index contributed by atoms with van der Waals surface area (Å²) in [7, 11) is 1.33. The molecule has 17 heavy (non-hydrogen) atoms. The van der Waals surface area contributed by atoms with Gasteiger partial charge in [0.05, 0.1) is 25.3 Å². The van der Waals surface area contributed by atoms with E-state index in [0.717, 1.165) is 0 Å². The summed E-state index contributed by atoms with van der Waals surface area (Å²) in [4.78, 5) is 7.92. The van der Waals surface area contributed by atoms with Gasteiger partial charge >= 0.3 is 0 Å². The van der Waals surface area contributed by atoms with Crippen LogP contribution in [-0.2, 0) is 10.0 Å². The summed E-state index contributed by atoms with van der Waals surface area (Å²) in [6, 6.07) is 0. The molecule has 0 aliphatic rings. The fourth-order valence-electron chi connectivity index (χ4n) is 0.987. The second kappa shape index (κ2) is 5.78. The number of nitrogens with one attached hydrogen (secondary N) is 1. The van der Waals surface area contributed by atoms with Gasteiger partial charge in [0.25, 0.3) is 0 Å². The summed E-state index contributed by atoms with van der Waals surface area (Å²) in [5.74, 6) is 0.922. The Kier molecular flexibility index (Phi) is 4.64. The first-order chi connectivity index (χ1) is 7.95. The van der Waals surface area contributed by atoms with Crippen molar-refractivity contribution in [2.24, 2.45) is 0 Å². The average molecular weight is 260 g/mol. The third kappa shape index (κ3) is 4.16. The average Bonchev–Trinajstić information content (AvgIpc) is 2.29. The molecule has 8 heteroatoms. The summed E-state index contributed by atoms with van der Waals surface area (Å²) in [5.41, 5.74) is 0. The van der Waals surface area contributed by atoms with Crippen LogP contribution in [0.4, 0.5) is 5.95 Å². The summed E-state index contributed by atoms with van der Waals surface area (Å²) in [6.07, 6.45) is 3.02. The molecular weight excluding hydrogens is 244 g/mol.